The minimum Gasteiger partial charge on any atom is -0.462 e. The van der Waals surface area contributed by atoms with Crippen molar-refractivity contribution in [3.63, 3.8) is 0 Å². The van der Waals surface area contributed by atoms with E-state index in [0.717, 1.165) is 77.0 Å². The molecular formula is C48H88O6. The molecule has 0 saturated carbocycles. The summed E-state index contributed by atoms with van der Waals surface area (Å²) >= 11 is 0. The molecule has 6 heteroatoms. The summed E-state index contributed by atoms with van der Waals surface area (Å²) in [6.45, 7) is 6.56. The monoisotopic (exact) mass is 761 g/mol. The molecule has 0 bridgehead atoms. The lowest BCUT2D eigenvalue weighted by Gasteiger charge is -2.18. The molecule has 54 heavy (non-hydrogen) atoms. The highest BCUT2D eigenvalue weighted by Gasteiger charge is 2.19. The number of carbonyl (C=O) groups excluding carboxylic acids is 3. The molecule has 0 amide bonds. The average molecular weight is 761 g/mol. The largest absolute Gasteiger partial charge is 0.462 e. The van der Waals surface area contributed by atoms with E-state index < -0.39 is 6.10 Å². The molecule has 0 rings (SSSR count). The Kier molecular flexibility index (Phi) is 41.9. The number of hydrogen-bond acceptors (Lipinski definition) is 6. The molecule has 0 heterocycles. The zero-order valence-electron chi connectivity index (χ0n) is 36.0. The van der Waals surface area contributed by atoms with Gasteiger partial charge in [-0.15, -0.1) is 0 Å². The van der Waals surface area contributed by atoms with Gasteiger partial charge in [-0.1, -0.05) is 199 Å². The highest BCUT2D eigenvalue weighted by Crippen LogP contribution is 2.15. The van der Waals surface area contributed by atoms with E-state index in [1.54, 1.807) is 0 Å². The molecule has 0 aliphatic heterocycles. The van der Waals surface area contributed by atoms with Crippen LogP contribution in [0.15, 0.2) is 24.3 Å². The topological polar surface area (TPSA) is 78.9 Å². The molecule has 1 atom stereocenters. The molecular weight excluding hydrogens is 673 g/mol. The second-order valence-electron chi connectivity index (χ2n) is 15.7. The summed E-state index contributed by atoms with van der Waals surface area (Å²) in [5.41, 5.74) is 0. The second kappa shape index (κ2) is 43.6. The van der Waals surface area contributed by atoms with Crippen molar-refractivity contribution >= 4 is 17.9 Å². The second-order valence-corrected chi connectivity index (χ2v) is 15.7. The fourth-order valence-corrected chi connectivity index (χ4v) is 6.65. The van der Waals surface area contributed by atoms with Gasteiger partial charge in [-0.2, -0.15) is 0 Å². The van der Waals surface area contributed by atoms with E-state index in [0.29, 0.717) is 19.3 Å². The minimum atomic E-state index is -0.768. The molecule has 316 valence electrons. The Bertz CT molecular complexity index is 880. The number of unbranched alkanes of at least 4 members (excludes halogenated alkanes) is 27. The number of rotatable bonds is 42. The predicted molar refractivity (Wildman–Crippen MR) is 229 cm³/mol. The van der Waals surface area contributed by atoms with Crippen LogP contribution in [0.3, 0.4) is 0 Å². The molecule has 0 radical (unpaired) electrons. The Morgan fingerprint density at radius 2 is 0.667 bits per heavy atom. The fourth-order valence-electron chi connectivity index (χ4n) is 6.65. The number of allylic oxidation sites excluding steroid dienone is 4. The normalized spacial score (nSPS) is 12.1. The van der Waals surface area contributed by atoms with Gasteiger partial charge >= 0.3 is 17.9 Å². The maximum absolute atomic E-state index is 12.7. The van der Waals surface area contributed by atoms with Gasteiger partial charge in [0.05, 0.1) is 0 Å². The van der Waals surface area contributed by atoms with Crippen LogP contribution in [-0.4, -0.2) is 37.2 Å². The van der Waals surface area contributed by atoms with E-state index in [4.69, 9.17) is 14.2 Å². The van der Waals surface area contributed by atoms with Gasteiger partial charge in [0, 0.05) is 19.3 Å². The van der Waals surface area contributed by atoms with Crippen molar-refractivity contribution in [3.8, 4) is 0 Å². The molecule has 0 fully saturated rings. The Hall–Kier alpha value is -2.11. The first-order valence-corrected chi connectivity index (χ1v) is 23.3. The first-order chi connectivity index (χ1) is 26.5. The summed E-state index contributed by atoms with van der Waals surface area (Å²) in [6.07, 6.45) is 47.5. The van der Waals surface area contributed by atoms with E-state index >= 15 is 0 Å². The third kappa shape index (κ3) is 41.1. The van der Waals surface area contributed by atoms with Crippen LogP contribution < -0.4 is 0 Å². The van der Waals surface area contributed by atoms with Gasteiger partial charge in [0.25, 0.3) is 0 Å². The zero-order valence-corrected chi connectivity index (χ0v) is 36.0. The van der Waals surface area contributed by atoms with Crippen LogP contribution in [0.4, 0.5) is 0 Å². The summed E-state index contributed by atoms with van der Waals surface area (Å²) in [5.74, 6) is -0.890. The number of esters is 3. The summed E-state index contributed by atoms with van der Waals surface area (Å²) in [5, 5.41) is 0. The van der Waals surface area contributed by atoms with Gasteiger partial charge < -0.3 is 14.2 Å². The Morgan fingerprint density at radius 1 is 0.370 bits per heavy atom. The van der Waals surface area contributed by atoms with Gasteiger partial charge in [-0.25, -0.2) is 0 Å². The smallest absolute Gasteiger partial charge is 0.306 e. The fraction of sp³-hybridized carbons (Fsp3) is 0.854. The quantitative estimate of drug-likeness (QED) is 0.0267. The van der Waals surface area contributed by atoms with Crippen LogP contribution in [0.1, 0.15) is 245 Å². The lowest BCUT2D eigenvalue weighted by molar-refractivity contribution is -0.167. The number of carbonyl (C=O) groups is 3. The van der Waals surface area contributed by atoms with Crippen molar-refractivity contribution in [1.29, 1.82) is 0 Å². The van der Waals surface area contributed by atoms with Crippen LogP contribution >= 0.6 is 0 Å². The molecule has 6 nitrogen and oxygen atoms in total. The van der Waals surface area contributed by atoms with Crippen molar-refractivity contribution in [2.75, 3.05) is 13.2 Å². The first-order valence-electron chi connectivity index (χ1n) is 23.3. The summed E-state index contributed by atoms with van der Waals surface area (Å²) < 4.78 is 16.6. The third-order valence-corrected chi connectivity index (χ3v) is 10.2. The molecule has 0 saturated heterocycles. The van der Waals surface area contributed by atoms with Gasteiger partial charge in [0.2, 0.25) is 0 Å². The average Bonchev–Trinajstić information content (AvgIpc) is 3.17. The van der Waals surface area contributed by atoms with E-state index in [1.165, 1.54) is 128 Å². The number of ether oxygens (including phenoxy) is 3. The summed E-state index contributed by atoms with van der Waals surface area (Å²) in [4.78, 5) is 37.6. The van der Waals surface area contributed by atoms with Gasteiger partial charge in [0.1, 0.15) is 13.2 Å². The van der Waals surface area contributed by atoms with Crippen molar-refractivity contribution in [1.82, 2.24) is 0 Å². The van der Waals surface area contributed by atoms with Crippen molar-refractivity contribution in [2.45, 2.75) is 252 Å². The van der Waals surface area contributed by atoms with E-state index in [-0.39, 0.29) is 31.1 Å². The van der Waals surface area contributed by atoms with Crippen LogP contribution in [0.25, 0.3) is 0 Å². The van der Waals surface area contributed by atoms with Gasteiger partial charge in [0.15, 0.2) is 6.10 Å². The molecule has 0 aromatic rings. The molecule has 0 N–H and O–H groups in total. The minimum absolute atomic E-state index is 0.0732. The molecule has 0 aliphatic rings. The Balaban J connectivity index is 4.26. The SMILES string of the molecule is CCCCCC/C=C\C/C=C\CCCCCCCC(=O)OCC(COC(=O)CCCCCCCC)OC(=O)CCCCCCCCCCCCCCCC. The summed E-state index contributed by atoms with van der Waals surface area (Å²) in [6, 6.07) is 0. The van der Waals surface area contributed by atoms with Gasteiger partial charge in [-0.3, -0.25) is 14.4 Å². The van der Waals surface area contributed by atoms with Crippen LogP contribution in [0.5, 0.6) is 0 Å². The Morgan fingerprint density at radius 3 is 1.04 bits per heavy atom. The highest BCUT2D eigenvalue weighted by atomic mass is 16.6. The summed E-state index contributed by atoms with van der Waals surface area (Å²) in [7, 11) is 0. The molecule has 0 spiro atoms. The van der Waals surface area contributed by atoms with E-state index in [1.807, 2.05) is 0 Å². The maximum Gasteiger partial charge on any atom is 0.306 e. The van der Waals surface area contributed by atoms with Crippen LogP contribution in [-0.2, 0) is 28.6 Å². The highest BCUT2D eigenvalue weighted by molar-refractivity contribution is 5.71. The standard InChI is InChI=1S/C48H88O6/c1-4-7-10-13-16-18-20-22-24-25-27-28-30-32-35-38-41-47(50)53-44-45(43-52-46(49)40-37-34-15-12-9-6-3)54-48(51)42-39-36-33-31-29-26-23-21-19-17-14-11-8-5-2/h18,20,24-25,45H,4-17,19,21-23,26-44H2,1-3H3/b20-18-,25-24-. The Labute approximate surface area is 334 Å². The van der Waals surface area contributed by atoms with E-state index in [9.17, 15) is 14.4 Å². The van der Waals surface area contributed by atoms with Gasteiger partial charge in [-0.05, 0) is 51.4 Å². The predicted octanol–water partition coefficient (Wildman–Crippen LogP) is 14.8. The molecule has 0 aromatic heterocycles. The van der Waals surface area contributed by atoms with Crippen LogP contribution in [0, 0.1) is 0 Å². The number of hydrogen-bond donors (Lipinski definition) is 0. The lowest BCUT2D eigenvalue weighted by Crippen LogP contribution is -2.30. The van der Waals surface area contributed by atoms with E-state index in [2.05, 4.69) is 45.1 Å². The third-order valence-electron chi connectivity index (χ3n) is 10.2. The van der Waals surface area contributed by atoms with Crippen molar-refractivity contribution in [3.05, 3.63) is 24.3 Å². The molecule has 0 aromatic carbocycles. The maximum atomic E-state index is 12.7. The zero-order chi connectivity index (χ0) is 39.4. The van der Waals surface area contributed by atoms with Crippen molar-refractivity contribution in [2.24, 2.45) is 0 Å². The van der Waals surface area contributed by atoms with Crippen molar-refractivity contribution < 1.29 is 28.6 Å². The lowest BCUT2D eigenvalue weighted by atomic mass is 10.0. The first kappa shape index (κ1) is 51.9. The molecule has 0 aliphatic carbocycles. The molecule has 1 unspecified atom stereocenters. The van der Waals surface area contributed by atoms with Crippen LogP contribution in [0.2, 0.25) is 0 Å².